The zero-order valence-electron chi connectivity index (χ0n) is 19.0. The number of carbonyl (C=O) groups is 2. The Morgan fingerprint density at radius 2 is 1.84 bits per heavy atom. The molecule has 1 saturated heterocycles. The quantitative estimate of drug-likeness (QED) is 0.601. The van der Waals surface area contributed by atoms with Gasteiger partial charge < -0.3 is 14.7 Å². The number of hydrogen-bond acceptors (Lipinski definition) is 5. The first-order chi connectivity index (χ1) is 15.5. The number of rotatable bonds is 8. The topological polar surface area (TPSA) is 69.6 Å². The molecule has 172 valence electrons. The number of hydrogen-bond donors (Lipinski definition) is 0. The van der Waals surface area contributed by atoms with Gasteiger partial charge in [0.2, 0.25) is 11.8 Å². The number of nitrogens with zero attached hydrogens (tertiary/aromatic N) is 5. The molecule has 1 aromatic carbocycles. The van der Waals surface area contributed by atoms with Gasteiger partial charge in [0.25, 0.3) is 0 Å². The second-order valence-corrected chi connectivity index (χ2v) is 8.41. The Bertz CT molecular complexity index is 906. The van der Waals surface area contributed by atoms with Crippen LogP contribution in [0.4, 0.5) is 5.82 Å². The third-order valence-electron chi connectivity index (χ3n) is 5.74. The van der Waals surface area contributed by atoms with Crippen molar-refractivity contribution in [2.45, 2.75) is 39.5 Å². The fourth-order valence-electron chi connectivity index (χ4n) is 3.83. The Labute approximate surface area is 195 Å². The maximum absolute atomic E-state index is 12.9. The van der Waals surface area contributed by atoms with E-state index in [1.54, 1.807) is 4.90 Å². The molecule has 1 aliphatic rings. The predicted molar refractivity (Wildman–Crippen MR) is 128 cm³/mol. The van der Waals surface area contributed by atoms with Crippen LogP contribution in [0.1, 0.15) is 39.5 Å². The Morgan fingerprint density at radius 3 is 2.53 bits per heavy atom. The summed E-state index contributed by atoms with van der Waals surface area (Å²) in [5, 5.41) is 9.42. The van der Waals surface area contributed by atoms with Crippen LogP contribution >= 0.6 is 11.6 Å². The normalized spacial score (nSPS) is 14.2. The molecule has 0 atom stereocenters. The van der Waals surface area contributed by atoms with Crippen molar-refractivity contribution < 1.29 is 9.59 Å². The fourth-order valence-corrected chi connectivity index (χ4v) is 4.06. The van der Waals surface area contributed by atoms with E-state index in [1.165, 1.54) is 0 Å². The Morgan fingerprint density at radius 1 is 1.03 bits per heavy atom. The third-order valence-corrected chi connectivity index (χ3v) is 6.07. The summed E-state index contributed by atoms with van der Waals surface area (Å²) in [6, 6.07) is 11.5. The molecular weight excluding hydrogens is 426 g/mol. The van der Waals surface area contributed by atoms with Gasteiger partial charge in [-0.25, -0.2) is 0 Å². The van der Waals surface area contributed by atoms with Gasteiger partial charge >= 0.3 is 0 Å². The first-order valence-corrected chi connectivity index (χ1v) is 11.8. The van der Waals surface area contributed by atoms with E-state index in [4.69, 9.17) is 11.6 Å². The summed E-state index contributed by atoms with van der Waals surface area (Å²) in [5.41, 5.74) is 1.59. The largest absolute Gasteiger partial charge is 0.353 e. The summed E-state index contributed by atoms with van der Waals surface area (Å²) in [7, 11) is 0. The molecule has 3 rings (SSSR count). The van der Waals surface area contributed by atoms with Gasteiger partial charge in [0.1, 0.15) is 0 Å². The average Bonchev–Trinajstić information content (AvgIpc) is 3.08. The van der Waals surface area contributed by atoms with E-state index in [1.807, 2.05) is 48.2 Å². The van der Waals surface area contributed by atoms with Crippen LogP contribution in [0.3, 0.4) is 0 Å². The number of anilines is 1. The van der Waals surface area contributed by atoms with Gasteiger partial charge in [0.05, 0.1) is 17.3 Å². The predicted octanol–water partition coefficient (Wildman–Crippen LogP) is 3.87. The standard InChI is InChI=1S/C24H32ClN5O2/c1-3-5-13-30(23(31)4-2)18-24(32)29-15-8-14-28(16-17-29)22-12-11-21(26-27-22)19-9-6-7-10-20(19)25/h6-7,9-12H,3-5,8,13-18H2,1-2H3. The number of unbranched alkanes of at least 4 members (excludes halogenated alkanes) is 1. The molecule has 2 aromatic rings. The Hall–Kier alpha value is -2.67. The van der Waals surface area contributed by atoms with Gasteiger partial charge in [-0.05, 0) is 31.0 Å². The lowest BCUT2D eigenvalue weighted by Crippen LogP contribution is -2.44. The fraction of sp³-hybridized carbons (Fsp3) is 0.500. The highest BCUT2D eigenvalue weighted by Gasteiger charge is 2.23. The zero-order valence-corrected chi connectivity index (χ0v) is 19.7. The smallest absolute Gasteiger partial charge is 0.242 e. The molecule has 0 spiro atoms. The summed E-state index contributed by atoms with van der Waals surface area (Å²) in [6.07, 6.45) is 3.18. The first-order valence-electron chi connectivity index (χ1n) is 11.4. The van der Waals surface area contributed by atoms with E-state index in [0.29, 0.717) is 37.6 Å². The van der Waals surface area contributed by atoms with Gasteiger partial charge in [-0.3, -0.25) is 9.59 Å². The summed E-state index contributed by atoms with van der Waals surface area (Å²) in [4.78, 5) is 30.8. The van der Waals surface area contributed by atoms with Crippen LogP contribution in [0, 0.1) is 0 Å². The van der Waals surface area contributed by atoms with E-state index in [0.717, 1.165) is 42.9 Å². The van der Waals surface area contributed by atoms with E-state index >= 15 is 0 Å². The van der Waals surface area contributed by atoms with Crippen molar-refractivity contribution in [2.75, 3.05) is 44.2 Å². The molecule has 0 bridgehead atoms. The molecule has 0 N–H and O–H groups in total. The van der Waals surface area contributed by atoms with E-state index < -0.39 is 0 Å². The van der Waals surface area contributed by atoms with Crippen LogP contribution in [0.5, 0.6) is 0 Å². The molecule has 2 amide bonds. The number of amides is 2. The maximum atomic E-state index is 12.9. The minimum Gasteiger partial charge on any atom is -0.353 e. The summed E-state index contributed by atoms with van der Waals surface area (Å²) in [6.45, 7) is 7.51. The van der Waals surface area contributed by atoms with Gasteiger partial charge in [-0.15, -0.1) is 10.2 Å². The molecule has 0 radical (unpaired) electrons. The average molecular weight is 458 g/mol. The molecule has 2 heterocycles. The lowest BCUT2D eigenvalue weighted by atomic mass is 10.1. The van der Waals surface area contributed by atoms with Crippen molar-refractivity contribution in [2.24, 2.45) is 0 Å². The lowest BCUT2D eigenvalue weighted by Gasteiger charge is -2.27. The van der Waals surface area contributed by atoms with Crippen molar-refractivity contribution >= 4 is 29.2 Å². The van der Waals surface area contributed by atoms with Crippen LogP contribution in [0.15, 0.2) is 36.4 Å². The van der Waals surface area contributed by atoms with Gasteiger partial charge in [0, 0.05) is 44.7 Å². The second-order valence-electron chi connectivity index (χ2n) is 8.00. The molecule has 0 unspecified atom stereocenters. The first kappa shape index (κ1) is 24.0. The lowest BCUT2D eigenvalue weighted by molar-refractivity contribution is -0.140. The number of halogens is 1. The zero-order chi connectivity index (χ0) is 22.9. The van der Waals surface area contributed by atoms with Crippen molar-refractivity contribution in [1.82, 2.24) is 20.0 Å². The van der Waals surface area contributed by atoms with E-state index in [9.17, 15) is 9.59 Å². The minimum atomic E-state index is 0.0184. The molecule has 32 heavy (non-hydrogen) atoms. The van der Waals surface area contributed by atoms with Crippen LogP contribution in [0.25, 0.3) is 11.3 Å². The van der Waals surface area contributed by atoms with Crippen LogP contribution < -0.4 is 4.90 Å². The van der Waals surface area contributed by atoms with E-state index in [2.05, 4.69) is 22.0 Å². The van der Waals surface area contributed by atoms with Gasteiger partial charge in [-0.2, -0.15) is 0 Å². The summed E-state index contributed by atoms with van der Waals surface area (Å²) in [5.74, 6) is 0.850. The van der Waals surface area contributed by atoms with Gasteiger partial charge in [-0.1, -0.05) is 50.1 Å². The third kappa shape index (κ3) is 6.19. The Balaban J connectivity index is 1.60. The van der Waals surface area contributed by atoms with Crippen molar-refractivity contribution in [1.29, 1.82) is 0 Å². The molecule has 8 heteroatoms. The Kier molecular flexibility index (Phi) is 8.85. The van der Waals surface area contributed by atoms with Crippen molar-refractivity contribution in [3.8, 4) is 11.3 Å². The molecular formula is C24H32ClN5O2. The highest BCUT2D eigenvalue weighted by atomic mass is 35.5. The molecule has 1 aliphatic heterocycles. The van der Waals surface area contributed by atoms with Crippen LogP contribution in [-0.2, 0) is 9.59 Å². The molecule has 1 fully saturated rings. The summed E-state index contributed by atoms with van der Waals surface area (Å²) < 4.78 is 0. The summed E-state index contributed by atoms with van der Waals surface area (Å²) >= 11 is 6.27. The molecule has 0 aliphatic carbocycles. The molecule has 7 nitrogen and oxygen atoms in total. The number of carbonyl (C=O) groups excluding carboxylic acids is 2. The number of aromatic nitrogens is 2. The highest BCUT2D eigenvalue weighted by Crippen LogP contribution is 2.26. The van der Waals surface area contributed by atoms with Crippen molar-refractivity contribution in [3.05, 3.63) is 41.4 Å². The van der Waals surface area contributed by atoms with E-state index in [-0.39, 0.29) is 18.4 Å². The molecule has 1 aromatic heterocycles. The minimum absolute atomic E-state index is 0.0184. The number of benzene rings is 1. The van der Waals surface area contributed by atoms with Crippen LogP contribution in [-0.4, -0.2) is 71.1 Å². The SMILES string of the molecule is CCCCN(CC(=O)N1CCCN(c2ccc(-c3ccccc3Cl)nn2)CC1)C(=O)CC. The monoisotopic (exact) mass is 457 g/mol. The van der Waals surface area contributed by atoms with Crippen molar-refractivity contribution in [3.63, 3.8) is 0 Å². The van der Waals surface area contributed by atoms with Gasteiger partial charge in [0.15, 0.2) is 5.82 Å². The molecule has 0 saturated carbocycles. The van der Waals surface area contributed by atoms with Crippen LogP contribution in [0.2, 0.25) is 5.02 Å². The second kappa shape index (κ2) is 11.8. The maximum Gasteiger partial charge on any atom is 0.242 e. The highest BCUT2D eigenvalue weighted by molar-refractivity contribution is 6.33.